The first-order chi connectivity index (χ1) is 6.46. The summed E-state index contributed by atoms with van der Waals surface area (Å²) in [4.78, 5) is 13.7. The summed E-state index contributed by atoms with van der Waals surface area (Å²) in [5.74, 6) is 0.0115. The molecular formula is C10H21N3O. The van der Waals surface area contributed by atoms with Crippen molar-refractivity contribution in [2.75, 3.05) is 20.6 Å². The van der Waals surface area contributed by atoms with Gasteiger partial charge in [-0.05, 0) is 40.3 Å². The Bertz CT molecular complexity index is 211. The van der Waals surface area contributed by atoms with Crippen molar-refractivity contribution < 1.29 is 4.79 Å². The molecule has 0 bridgehead atoms. The van der Waals surface area contributed by atoms with Gasteiger partial charge in [-0.3, -0.25) is 4.79 Å². The number of nitrogens with one attached hydrogen (secondary N) is 1. The number of hydrogen-bond acceptors (Lipinski definition) is 3. The molecule has 0 saturated heterocycles. The number of amides is 1. The van der Waals surface area contributed by atoms with E-state index in [0.717, 1.165) is 19.3 Å². The minimum Gasteiger partial charge on any atom is -0.353 e. The molecule has 0 spiro atoms. The van der Waals surface area contributed by atoms with Gasteiger partial charge in [0.05, 0.1) is 5.54 Å². The lowest BCUT2D eigenvalue weighted by Gasteiger charge is -2.36. The molecule has 82 valence electrons. The largest absolute Gasteiger partial charge is 0.353 e. The quantitative estimate of drug-likeness (QED) is 0.666. The molecule has 1 aliphatic carbocycles. The van der Waals surface area contributed by atoms with Gasteiger partial charge in [0.1, 0.15) is 0 Å². The Morgan fingerprint density at radius 1 is 1.57 bits per heavy atom. The molecule has 0 heterocycles. The Morgan fingerprint density at radius 2 is 2.14 bits per heavy atom. The third-order valence-electron chi connectivity index (χ3n) is 3.14. The molecule has 0 aromatic carbocycles. The van der Waals surface area contributed by atoms with Crippen LogP contribution in [0.1, 0.15) is 26.2 Å². The molecular weight excluding hydrogens is 178 g/mol. The third kappa shape index (κ3) is 2.45. The summed E-state index contributed by atoms with van der Waals surface area (Å²) in [6.45, 7) is 2.75. The van der Waals surface area contributed by atoms with Crippen molar-refractivity contribution in [3.05, 3.63) is 0 Å². The van der Waals surface area contributed by atoms with Gasteiger partial charge in [0.2, 0.25) is 5.91 Å². The van der Waals surface area contributed by atoms with E-state index in [9.17, 15) is 4.79 Å². The molecule has 1 atom stereocenters. The molecule has 1 unspecified atom stereocenters. The summed E-state index contributed by atoms with van der Waals surface area (Å²) in [6.07, 6.45) is 2.73. The maximum Gasteiger partial charge on any atom is 0.240 e. The van der Waals surface area contributed by atoms with Gasteiger partial charge in [-0.25, -0.2) is 0 Å². The topological polar surface area (TPSA) is 58.4 Å². The van der Waals surface area contributed by atoms with E-state index in [1.54, 1.807) is 0 Å². The first kappa shape index (κ1) is 11.5. The highest BCUT2D eigenvalue weighted by atomic mass is 16.2. The zero-order chi connectivity index (χ0) is 10.8. The van der Waals surface area contributed by atoms with Crippen LogP contribution in [0, 0.1) is 0 Å². The van der Waals surface area contributed by atoms with Crippen LogP contribution in [0.4, 0.5) is 0 Å². The smallest absolute Gasteiger partial charge is 0.240 e. The summed E-state index contributed by atoms with van der Waals surface area (Å²) in [5, 5.41) is 2.90. The molecule has 1 saturated carbocycles. The lowest BCUT2D eigenvalue weighted by molar-refractivity contribution is -0.129. The van der Waals surface area contributed by atoms with E-state index in [1.165, 1.54) is 0 Å². The first-order valence-corrected chi connectivity index (χ1v) is 5.19. The Morgan fingerprint density at radius 3 is 2.50 bits per heavy atom. The normalized spacial score (nSPS) is 21.5. The molecule has 3 N–H and O–H groups in total. The van der Waals surface area contributed by atoms with Crippen LogP contribution < -0.4 is 11.1 Å². The van der Waals surface area contributed by atoms with E-state index in [4.69, 9.17) is 5.73 Å². The van der Waals surface area contributed by atoms with Gasteiger partial charge in [-0.2, -0.15) is 0 Å². The van der Waals surface area contributed by atoms with Gasteiger partial charge in [0.25, 0.3) is 0 Å². The van der Waals surface area contributed by atoms with Crippen molar-refractivity contribution in [3.8, 4) is 0 Å². The fourth-order valence-electron chi connectivity index (χ4n) is 1.38. The number of carbonyl (C=O) groups is 1. The van der Waals surface area contributed by atoms with E-state index in [1.807, 2.05) is 14.1 Å². The molecule has 1 aliphatic rings. The second-order valence-electron chi connectivity index (χ2n) is 4.53. The average Bonchev–Trinajstić information content (AvgIpc) is 2.09. The maximum absolute atomic E-state index is 11.6. The predicted octanol–water partition coefficient (Wildman–Crippen LogP) is -0.0659. The lowest BCUT2D eigenvalue weighted by atomic mass is 9.77. The van der Waals surface area contributed by atoms with Crippen molar-refractivity contribution >= 4 is 5.91 Å². The van der Waals surface area contributed by atoms with Gasteiger partial charge >= 0.3 is 0 Å². The van der Waals surface area contributed by atoms with Crippen LogP contribution in [0.2, 0.25) is 0 Å². The Hall–Kier alpha value is -0.610. The third-order valence-corrected chi connectivity index (χ3v) is 3.14. The van der Waals surface area contributed by atoms with Crippen LogP contribution in [0.5, 0.6) is 0 Å². The van der Waals surface area contributed by atoms with Crippen molar-refractivity contribution in [2.45, 2.75) is 37.8 Å². The summed E-state index contributed by atoms with van der Waals surface area (Å²) in [7, 11) is 4.00. The van der Waals surface area contributed by atoms with E-state index < -0.39 is 5.54 Å². The average molecular weight is 199 g/mol. The highest BCUT2D eigenvalue weighted by Crippen LogP contribution is 2.28. The number of carbonyl (C=O) groups excluding carboxylic acids is 1. The summed E-state index contributed by atoms with van der Waals surface area (Å²) in [6, 6.07) is 0.350. The summed E-state index contributed by atoms with van der Waals surface area (Å²) >= 11 is 0. The monoisotopic (exact) mass is 199 g/mol. The Kier molecular flexibility index (Phi) is 3.50. The molecule has 1 rings (SSSR count). The van der Waals surface area contributed by atoms with Crippen molar-refractivity contribution in [1.29, 1.82) is 0 Å². The molecule has 0 aromatic rings. The molecule has 1 amide bonds. The Labute approximate surface area is 85.8 Å². The summed E-state index contributed by atoms with van der Waals surface area (Å²) in [5.41, 5.74) is 5.32. The molecule has 4 nitrogen and oxygen atoms in total. The maximum atomic E-state index is 11.6. The fourth-order valence-corrected chi connectivity index (χ4v) is 1.38. The number of hydrogen-bond donors (Lipinski definition) is 2. The number of nitrogens with two attached hydrogens (primary N) is 1. The standard InChI is InChI=1S/C10H21N3O/c1-8(13(2)3)7-12-9(14)10(11)5-4-6-10/h8H,4-7,11H2,1-3H3,(H,12,14). The second-order valence-corrected chi connectivity index (χ2v) is 4.53. The van der Waals surface area contributed by atoms with Crippen LogP contribution in [0.15, 0.2) is 0 Å². The van der Waals surface area contributed by atoms with E-state index >= 15 is 0 Å². The van der Waals surface area contributed by atoms with E-state index in [-0.39, 0.29) is 5.91 Å². The molecule has 0 aliphatic heterocycles. The fraction of sp³-hybridized carbons (Fsp3) is 0.900. The highest BCUT2D eigenvalue weighted by molar-refractivity contribution is 5.87. The molecule has 14 heavy (non-hydrogen) atoms. The van der Waals surface area contributed by atoms with Crippen molar-refractivity contribution in [3.63, 3.8) is 0 Å². The SMILES string of the molecule is CC(CNC(=O)C1(N)CCC1)N(C)C. The number of likely N-dealkylation sites (N-methyl/N-ethyl adjacent to an activating group) is 1. The van der Waals surface area contributed by atoms with Gasteiger partial charge < -0.3 is 16.0 Å². The zero-order valence-electron chi connectivity index (χ0n) is 9.34. The molecule has 4 heteroatoms. The Balaban J connectivity index is 2.28. The van der Waals surface area contributed by atoms with Gasteiger partial charge in [-0.15, -0.1) is 0 Å². The van der Waals surface area contributed by atoms with Crippen LogP contribution >= 0.6 is 0 Å². The number of nitrogens with zero attached hydrogens (tertiary/aromatic N) is 1. The van der Waals surface area contributed by atoms with Gasteiger partial charge in [0.15, 0.2) is 0 Å². The minimum absolute atomic E-state index is 0.0115. The van der Waals surface area contributed by atoms with Gasteiger partial charge in [-0.1, -0.05) is 0 Å². The van der Waals surface area contributed by atoms with E-state index in [0.29, 0.717) is 12.6 Å². The number of rotatable bonds is 4. The van der Waals surface area contributed by atoms with Crippen LogP contribution in [-0.4, -0.2) is 43.0 Å². The first-order valence-electron chi connectivity index (χ1n) is 5.19. The zero-order valence-corrected chi connectivity index (χ0v) is 9.34. The van der Waals surface area contributed by atoms with E-state index in [2.05, 4.69) is 17.1 Å². The van der Waals surface area contributed by atoms with Crippen LogP contribution in [0.25, 0.3) is 0 Å². The lowest BCUT2D eigenvalue weighted by Crippen LogP contribution is -2.59. The highest BCUT2D eigenvalue weighted by Gasteiger charge is 2.39. The predicted molar refractivity (Wildman–Crippen MR) is 56.9 cm³/mol. The van der Waals surface area contributed by atoms with Gasteiger partial charge in [0, 0.05) is 12.6 Å². The molecule has 0 radical (unpaired) electrons. The molecule has 0 aromatic heterocycles. The second kappa shape index (κ2) is 4.28. The van der Waals surface area contributed by atoms with Crippen molar-refractivity contribution in [1.82, 2.24) is 10.2 Å². The van der Waals surface area contributed by atoms with Crippen LogP contribution in [-0.2, 0) is 4.79 Å². The summed E-state index contributed by atoms with van der Waals surface area (Å²) < 4.78 is 0. The van der Waals surface area contributed by atoms with Crippen molar-refractivity contribution in [2.24, 2.45) is 5.73 Å². The van der Waals surface area contributed by atoms with Crippen LogP contribution in [0.3, 0.4) is 0 Å². The minimum atomic E-state index is -0.563. The molecule has 1 fully saturated rings.